The van der Waals surface area contributed by atoms with Crippen LogP contribution in [0.15, 0.2) is 36.8 Å². The van der Waals surface area contributed by atoms with E-state index in [9.17, 15) is 4.79 Å². The van der Waals surface area contributed by atoms with E-state index < -0.39 is 21.7 Å². The summed E-state index contributed by atoms with van der Waals surface area (Å²) in [4.78, 5) is 33.4. The van der Waals surface area contributed by atoms with Gasteiger partial charge in [-0.3, -0.25) is 4.98 Å². The fraction of sp³-hybridized carbons (Fsp3) is 0.615. The minimum Gasteiger partial charge on any atom is -0.444 e. The standard InChI is InChI=1S/C39H59N7O4SSi2/c1-27-22-41-37(51-27)33-14-11-28(23-40-33)32-24-42-46-35(44(25-48-15-17-52(5,6)7)26-49-16-18-53(8,9)10)21-34(43-36(32)46)29-19-30-12-13-31(20-29)45(30)38(47)50-39(2,3)4/h11,14,21-24,29-31H,12-13,15-20,25-26H2,1-10H3/t29-,30+,31-. The Balaban J connectivity index is 1.36. The van der Waals surface area contributed by atoms with Crippen LogP contribution in [0.5, 0.6) is 0 Å². The fourth-order valence-corrected chi connectivity index (χ4v) is 9.32. The second-order valence-corrected chi connectivity index (χ2v) is 30.7. The third-order valence-corrected chi connectivity index (χ3v) is 14.3. The Morgan fingerprint density at radius 3 is 2.09 bits per heavy atom. The second kappa shape index (κ2) is 15.9. The van der Waals surface area contributed by atoms with Crippen LogP contribution < -0.4 is 4.90 Å². The lowest BCUT2D eigenvalue weighted by Crippen LogP contribution is -2.48. The largest absolute Gasteiger partial charge is 0.444 e. The van der Waals surface area contributed by atoms with Crippen molar-refractivity contribution >= 4 is 45.0 Å². The van der Waals surface area contributed by atoms with E-state index in [0.717, 1.165) is 81.6 Å². The van der Waals surface area contributed by atoms with Gasteiger partial charge in [0.1, 0.15) is 29.9 Å². The number of hydrogen-bond donors (Lipinski definition) is 0. The van der Waals surface area contributed by atoms with Gasteiger partial charge in [-0.1, -0.05) is 45.3 Å². The maximum absolute atomic E-state index is 13.3. The number of nitrogens with zero attached hydrogens (tertiary/aromatic N) is 7. The van der Waals surface area contributed by atoms with Gasteiger partial charge in [0.25, 0.3) is 0 Å². The maximum Gasteiger partial charge on any atom is 0.410 e. The zero-order chi connectivity index (χ0) is 38.1. The van der Waals surface area contributed by atoms with Crippen molar-refractivity contribution in [1.29, 1.82) is 0 Å². The Bertz CT molecular complexity index is 1830. The summed E-state index contributed by atoms with van der Waals surface area (Å²) in [6.07, 6.45) is 9.10. The number of pyridine rings is 1. The van der Waals surface area contributed by atoms with Gasteiger partial charge in [-0.05, 0) is 71.5 Å². The molecule has 0 radical (unpaired) electrons. The average molecular weight is 778 g/mol. The van der Waals surface area contributed by atoms with Crippen molar-refractivity contribution in [1.82, 2.24) is 29.5 Å². The zero-order valence-electron chi connectivity index (χ0n) is 33.4. The van der Waals surface area contributed by atoms with Gasteiger partial charge in [0.2, 0.25) is 0 Å². The number of carbonyl (C=O) groups excluding carboxylic acids is 1. The Hall–Kier alpha value is -3.18. The molecular weight excluding hydrogens is 719 g/mol. The van der Waals surface area contributed by atoms with E-state index in [1.165, 1.54) is 0 Å². The van der Waals surface area contributed by atoms with Crippen molar-refractivity contribution < 1.29 is 19.0 Å². The lowest BCUT2D eigenvalue weighted by atomic mass is 9.88. The summed E-state index contributed by atoms with van der Waals surface area (Å²) in [6, 6.07) is 8.71. The molecule has 3 atom stereocenters. The van der Waals surface area contributed by atoms with Crippen LogP contribution in [0.1, 0.15) is 62.9 Å². The van der Waals surface area contributed by atoms with Crippen LogP contribution >= 0.6 is 11.3 Å². The molecule has 0 unspecified atom stereocenters. The summed E-state index contributed by atoms with van der Waals surface area (Å²) in [6.45, 7) is 24.3. The van der Waals surface area contributed by atoms with Crippen LogP contribution in [-0.2, 0) is 14.2 Å². The molecule has 0 aliphatic carbocycles. The lowest BCUT2D eigenvalue weighted by Gasteiger charge is -2.39. The molecule has 11 nitrogen and oxygen atoms in total. The summed E-state index contributed by atoms with van der Waals surface area (Å²) < 4.78 is 20.6. The molecule has 6 rings (SSSR count). The van der Waals surface area contributed by atoms with Crippen LogP contribution in [0, 0.1) is 6.92 Å². The Kier molecular flexibility index (Phi) is 11.8. The molecule has 53 heavy (non-hydrogen) atoms. The predicted octanol–water partition coefficient (Wildman–Crippen LogP) is 9.30. The summed E-state index contributed by atoms with van der Waals surface area (Å²) >= 11 is 1.64. The molecule has 2 fully saturated rings. The molecule has 2 aliphatic heterocycles. The van der Waals surface area contributed by atoms with Crippen LogP contribution in [0.4, 0.5) is 10.6 Å². The third-order valence-electron chi connectivity index (χ3n) is 9.95. The van der Waals surface area contributed by atoms with E-state index in [2.05, 4.69) is 68.2 Å². The summed E-state index contributed by atoms with van der Waals surface area (Å²) in [7, 11) is -2.55. The van der Waals surface area contributed by atoms with E-state index in [4.69, 9.17) is 29.3 Å². The predicted molar refractivity (Wildman–Crippen MR) is 219 cm³/mol. The molecule has 0 N–H and O–H groups in total. The number of aromatic nitrogens is 5. The number of rotatable bonds is 14. The third kappa shape index (κ3) is 10.1. The molecule has 2 aliphatic rings. The molecule has 1 amide bonds. The van der Waals surface area contributed by atoms with Crippen molar-refractivity contribution in [2.24, 2.45) is 0 Å². The van der Waals surface area contributed by atoms with Gasteiger partial charge in [-0.2, -0.15) is 9.61 Å². The number of aryl methyl sites for hydroxylation is 1. The van der Waals surface area contributed by atoms with Crippen LogP contribution in [0.2, 0.25) is 51.4 Å². The molecule has 4 aromatic rings. The van der Waals surface area contributed by atoms with Crippen molar-refractivity contribution in [3.8, 4) is 21.8 Å². The number of fused-ring (bicyclic) bond motifs is 3. The van der Waals surface area contributed by atoms with Crippen molar-refractivity contribution in [2.75, 3.05) is 31.6 Å². The normalized spacial score (nSPS) is 19.3. The van der Waals surface area contributed by atoms with Gasteiger partial charge in [0.05, 0.1) is 11.9 Å². The Labute approximate surface area is 321 Å². The molecule has 0 saturated carbocycles. The SMILES string of the molecule is Cc1cnc(-c2ccc(-c3cnn4c(N(COCC[Si](C)(C)C)COCC[Si](C)(C)C)cc([C@H]5C[C@H]6CC[C@@H](C5)N6C(=O)OC(C)(C)C)nc34)cn2)s1. The molecule has 14 heteroatoms. The molecule has 2 saturated heterocycles. The molecule has 2 bridgehead atoms. The molecular formula is C39H59N7O4SSi2. The van der Waals surface area contributed by atoms with Crippen molar-refractivity contribution in [3.05, 3.63) is 47.4 Å². The van der Waals surface area contributed by atoms with E-state index >= 15 is 0 Å². The first-order valence-electron chi connectivity index (χ1n) is 19.1. The van der Waals surface area contributed by atoms with Gasteiger partial charge in [-0.15, -0.1) is 11.3 Å². The lowest BCUT2D eigenvalue weighted by molar-refractivity contribution is 0.00569. The molecule has 0 spiro atoms. The van der Waals surface area contributed by atoms with E-state index in [1.54, 1.807) is 11.3 Å². The first kappa shape index (κ1) is 39.5. The topological polar surface area (TPSA) is 107 Å². The monoisotopic (exact) mass is 777 g/mol. The van der Waals surface area contributed by atoms with E-state index in [-0.39, 0.29) is 24.1 Å². The van der Waals surface area contributed by atoms with E-state index in [1.807, 2.05) is 54.8 Å². The van der Waals surface area contributed by atoms with Crippen LogP contribution in [0.25, 0.3) is 27.5 Å². The quantitative estimate of drug-likeness (QED) is 0.0704. The number of carbonyl (C=O) groups is 1. The fourth-order valence-electron chi connectivity index (χ4n) is 7.06. The first-order chi connectivity index (χ1) is 24.9. The Morgan fingerprint density at radius 1 is 0.925 bits per heavy atom. The minimum atomic E-state index is -1.27. The summed E-state index contributed by atoms with van der Waals surface area (Å²) in [5, 5.41) is 5.85. The highest BCUT2D eigenvalue weighted by molar-refractivity contribution is 7.14. The first-order valence-corrected chi connectivity index (χ1v) is 27.4. The summed E-state index contributed by atoms with van der Waals surface area (Å²) in [5.41, 5.74) is 3.95. The van der Waals surface area contributed by atoms with Gasteiger partial charge in [0, 0.05) is 87.5 Å². The number of amides is 1. The van der Waals surface area contributed by atoms with Gasteiger partial charge in [0.15, 0.2) is 5.65 Å². The van der Waals surface area contributed by atoms with E-state index in [0.29, 0.717) is 26.7 Å². The Morgan fingerprint density at radius 2 is 1.57 bits per heavy atom. The van der Waals surface area contributed by atoms with Crippen molar-refractivity contribution in [3.63, 3.8) is 0 Å². The number of ether oxygens (including phenoxy) is 3. The van der Waals surface area contributed by atoms with Crippen LogP contribution in [0.3, 0.4) is 0 Å². The number of hydrogen-bond acceptors (Lipinski definition) is 10. The number of anilines is 1. The van der Waals surface area contributed by atoms with Crippen molar-refractivity contribution in [2.45, 2.75) is 128 Å². The highest BCUT2D eigenvalue weighted by Gasteiger charge is 2.45. The molecule has 6 heterocycles. The molecule has 4 aromatic heterocycles. The maximum atomic E-state index is 13.3. The van der Waals surface area contributed by atoms with Gasteiger partial charge < -0.3 is 24.0 Å². The summed E-state index contributed by atoms with van der Waals surface area (Å²) in [5.74, 6) is 1.07. The number of thiazole rings is 1. The second-order valence-electron chi connectivity index (χ2n) is 18.2. The van der Waals surface area contributed by atoms with Crippen LogP contribution in [-0.4, -0.2) is 96.1 Å². The minimum absolute atomic E-state index is 0.122. The van der Waals surface area contributed by atoms with Gasteiger partial charge >= 0.3 is 6.09 Å². The number of piperidine rings is 1. The van der Waals surface area contributed by atoms with Gasteiger partial charge in [-0.25, -0.2) is 14.8 Å². The smallest absolute Gasteiger partial charge is 0.410 e. The average Bonchev–Trinajstić information content (AvgIpc) is 3.77. The highest BCUT2D eigenvalue weighted by atomic mass is 32.1. The molecule has 0 aromatic carbocycles. The zero-order valence-corrected chi connectivity index (χ0v) is 36.3. The highest BCUT2D eigenvalue weighted by Crippen LogP contribution is 2.44. The molecule has 288 valence electrons.